The van der Waals surface area contributed by atoms with Gasteiger partial charge in [-0.1, -0.05) is 0 Å². The van der Waals surface area contributed by atoms with Gasteiger partial charge in [-0.05, 0) is 0 Å². The minimum absolute atomic E-state index is 0.0255. The van der Waals surface area contributed by atoms with Gasteiger partial charge in [-0.25, -0.2) is 10.9 Å². The molecule has 7 heavy (non-hydrogen) atoms. The van der Waals surface area contributed by atoms with Gasteiger partial charge in [-0.2, -0.15) is 0 Å². The number of nitrogens with one attached hydrogen (secondary N) is 2. The zero-order chi connectivity index (χ0) is 5.28. The average molecular weight is 102 g/mol. The van der Waals surface area contributed by atoms with Crippen molar-refractivity contribution in [1.29, 1.82) is 0 Å². The molecule has 0 radical (unpaired) electrons. The van der Waals surface area contributed by atoms with Gasteiger partial charge in [0, 0.05) is 0 Å². The highest BCUT2D eigenvalue weighted by Crippen LogP contribution is 1.92. The molecular formula is C3H6N2O2. The van der Waals surface area contributed by atoms with E-state index in [1.54, 1.807) is 0 Å². The largest absolute Gasteiger partial charge is 0.481 e. The summed E-state index contributed by atoms with van der Waals surface area (Å²) in [6.07, 6.45) is 0.192. The molecule has 0 aromatic heterocycles. The lowest BCUT2D eigenvalue weighted by Gasteiger charge is -1.80. The minimum Gasteiger partial charge on any atom is -0.481 e. The Morgan fingerprint density at radius 3 is 2.43 bits per heavy atom. The maximum Gasteiger partial charge on any atom is 0.306 e. The van der Waals surface area contributed by atoms with Gasteiger partial charge in [0.25, 0.3) is 0 Å². The van der Waals surface area contributed by atoms with E-state index in [0.717, 1.165) is 0 Å². The SMILES string of the molecule is O=C(O)CC1NN1. The normalized spacial score (nSPS) is 19.4. The van der Waals surface area contributed by atoms with Crippen LogP contribution in [0.5, 0.6) is 0 Å². The Hall–Kier alpha value is -0.610. The van der Waals surface area contributed by atoms with Crippen LogP contribution in [0.15, 0.2) is 0 Å². The fraction of sp³-hybridized carbons (Fsp3) is 0.667. The number of carboxylic acid groups (broad SMARTS) is 1. The molecule has 3 N–H and O–H groups in total. The van der Waals surface area contributed by atoms with E-state index >= 15 is 0 Å². The first-order chi connectivity index (χ1) is 3.29. The highest BCUT2D eigenvalue weighted by Gasteiger charge is 2.21. The van der Waals surface area contributed by atoms with Crippen LogP contribution in [0.3, 0.4) is 0 Å². The molecule has 0 amide bonds. The van der Waals surface area contributed by atoms with Crippen LogP contribution in [0, 0.1) is 0 Å². The Kier molecular flexibility index (Phi) is 0.958. The summed E-state index contributed by atoms with van der Waals surface area (Å²) >= 11 is 0. The van der Waals surface area contributed by atoms with E-state index in [-0.39, 0.29) is 12.6 Å². The smallest absolute Gasteiger partial charge is 0.306 e. The first-order valence-corrected chi connectivity index (χ1v) is 2.02. The standard InChI is InChI=1S/C3H6N2O2/c6-3(7)1-2-4-5-2/h2,4-5H,1H2,(H,6,7). The quantitative estimate of drug-likeness (QED) is 0.386. The second-order valence-electron chi connectivity index (χ2n) is 1.44. The van der Waals surface area contributed by atoms with Crippen LogP contribution in [0.2, 0.25) is 0 Å². The van der Waals surface area contributed by atoms with Gasteiger partial charge in [0.2, 0.25) is 0 Å². The van der Waals surface area contributed by atoms with Crippen LogP contribution < -0.4 is 10.9 Å². The topological polar surface area (TPSA) is 81.2 Å². The van der Waals surface area contributed by atoms with Crippen molar-refractivity contribution in [3.63, 3.8) is 0 Å². The summed E-state index contributed by atoms with van der Waals surface area (Å²) in [6.45, 7) is 0. The maximum absolute atomic E-state index is 9.77. The van der Waals surface area contributed by atoms with Crippen molar-refractivity contribution in [2.75, 3.05) is 0 Å². The van der Waals surface area contributed by atoms with E-state index in [1.807, 2.05) is 0 Å². The minimum atomic E-state index is -0.775. The number of rotatable bonds is 2. The molecule has 1 rings (SSSR count). The molecule has 0 aromatic carbocycles. The van der Waals surface area contributed by atoms with Crippen LogP contribution >= 0.6 is 0 Å². The Morgan fingerprint density at radius 2 is 2.29 bits per heavy atom. The second-order valence-corrected chi connectivity index (χ2v) is 1.44. The molecule has 1 saturated heterocycles. The fourth-order valence-electron chi connectivity index (χ4n) is 0.336. The van der Waals surface area contributed by atoms with Gasteiger partial charge < -0.3 is 5.11 Å². The number of hydrogen-bond donors (Lipinski definition) is 3. The first-order valence-electron chi connectivity index (χ1n) is 2.02. The van der Waals surface area contributed by atoms with E-state index in [4.69, 9.17) is 5.11 Å². The number of hydrazine groups is 1. The number of aliphatic carboxylic acids is 1. The Morgan fingerprint density at radius 1 is 1.71 bits per heavy atom. The molecule has 0 unspecified atom stereocenters. The highest BCUT2D eigenvalue weighted by molar-refractivity contribution is 5.67. The molecule has 1 fully saturated rings. The van der Waals surface area contributed by atoms with Crippen LogP contribution in [0.1, 0.15) is 6.42 Å². The van der Waals surface area contributed by atoms with Crippen molar-refractivity contribution in [2.45, 2.75) is 12.6 Å². The van der Waals surface area contributed by atoms with Crippen LogP contribution in [0.25, 0.3) is 0 Å². The summed E-state index contributed by atoms with van der Waals surface area (Å²) in [6, 6.07) is 0. The van der Waals surface area contributed by atoms with Gasteiger partial charge in [-0.15, -0.1) is 0 Å². The van der Waals surface area contributed by atoms with Crippen molar-refractivity contribution in [1.82, 2.24) is 10.9 Å². The summed E-state index contributed by atoms with van der Waals surface area (Å²) in [4.78, 5) is 9.77. The number of hydrogen-bond acceptors (Lipinski definition) is 3. The lowest BCUT2D eigenvalue weighted by atomic mass is 10.4. The third-order valence-electron chi connectivity index (χ3n) is 0.727. The molecule has 1 heterocycles. The molecule has 1 aliphatic heterocycles. The summed E-state index contributed by atoms with van der Waals surface area (Å²) in [5.74, 6) is -0.775. The van der Waals surface area contributed by atoms with Gasteiger partial charge in [0.15, 0.2) is 0 Å². The van der Waals surface area contributed by atoms with Crippen molar-refractivity contribution < 1.29 is 9.90 Å². The second kappa shape index (κ2) is 1.48. The average Bonchev–Trinajstić information content (AvgIpc) is 2.17. The molecule has 1 aliphatic rings. The van der Waals surface area contributed by atoms with Crippen LogP contribution in [0.4, 0.5) is 0 Å². The highest BCUT2D eigenvalue weighted by atomic mass is 16.4. The molecule has 0 atom stereocenters. The van der Waals surface area contributed by atoms with Gasteiger partial charge in [0.05, 0.1) is 12.6 Å². The predicted octanol–water partition coefficient (Wildman–Crippen LogP) is -1.11. The van der Waals surface area contributed by atoms with Gasteiger partial charge >= 0.3 is 5.97 Å². The van der Waals surface area contributed by atoms with E-state index in [0.29, 0.717) is 0 Å². The van der Waals surface area contributed by atoms with Crippen molar-refractivity contribution in [2.24, 2.45) is 0 Å². The molecule has 0 saturated carbocycles. The zero-order valence-electron chi connectivity index (χ0n) is 3.64. The first kappa shape index (κ1) is 4.55. The summed E-state index contributed by atoms with van der Waals surface area (Å²) < 4.78 is 0. The zero-order valence-corrected chi connectivity index (χ0v) is 3.64. The Labute approximate surface area is 40.5 Å². The monoisotopic (exact) mass is 102 g/mol. The van der Waals surface area contributed by atoms with E-state index < -0.39 is 5.97 Å². The molecule has 0 aromatic rings. The molecule has 0 spiro atoms. The lowest BCUT2D eigenvalue weighted by Crippen LogP contribution is -2.02. The summed E-state index contributed by atoms with van der Waals surface area (Å²) in [5.41, 5.74) is 5.27. The summed E-state index contributed by atoms with van der Waals surface area (Å²) in [5, 5.41) is 8.04. The molecule has 0 bridgehead atoms. The van der Waals surface area contributed by atoms with E-state index in [2.05, 4.69) is 10.9 Å². The van der Waals surface area contributed by atoms with Gasteiger partial charge in [-0.3, -0.25) is 4.79 Å². The molecule has 40 valence electrons. The molecule has 0 aliphatic carbocycles. The van der Waals surface area contributed by atoms with Crippen molar-refractivity contribution in [3.8, 4) is 0 Å². The number of carboxylic acids is 1. The summed E-state index contributed by atoms with van der Waals surface area (Å²) in [7, 11) is 0. The maximum atomic E-state index is 9.77. The van der Waals surface area contributed by atoms with Crippen molar-refractivity contribution >= 4 is 5.97 Å². The number of carbonyl (C=O) groups is 1. The molecule has 4 nitrogen and oxygen atoms in total. The fourth-order valence-corrected chi connectivity index (χ4v) is 0.336. The Bertz CT molecular complexity index is 88.9. The van der Waals surface area contributed by atoms with Crippen molar-refractivity contribution in [3.05, 3.63) is 0 Å². The molecule has 4 heteroatoms. The third kappa shape index (κ3) is 1.52. The van der Waals surface area contributed by atoms with E-state index in [1.165, 1.54) is 0 Å². The predicted molar refractivity (Wildman–Crippen MR) is 22.3 cm³/mol. The van der Waals surface area contributed by atoms with Crippen LogP contribution in [-0.2, 0) is 4.79 Å². The van der Waals surface area contributed by atoms with Gasteiger partial charge in [0.1, 0.15) is 0 Å². The Balaban J connectivity index is 2.08. The lowest BCUT2D eigenvalue weighted by molar-refractivity contribution is -0.137. The van der Waals surface area contributed by atoms with E-state index in [9.17, 15) is 4.79 Å². The third-order valence-corrected chi connectivity index (χ3v) is 0.727. The van der Waals surface area contributed by atoms with Crippen LogP contribution in [-0.4, -0.2) is 17.2 Å². The molecular weight excluding hydrogens is 96.0 g/mol.